The molecule has 7 aromatic carbocycles. The fraction of sp³-hybridized carbons (Fsp3) is 0.184. The van der Waals surface area contributed by atoms with Crippen LogP contribution >= 0.6 is 0 Å². The Hall–Kier alpha value is -5.40. The summed E-state index contributed by atoms with van der Waals surface area (Å²) in [4.78, 5) is 2.55. The van der Waals surface area contributed by atoms with Gasteiger partial charge in [-0.1, -0.05) is 145 Å². The molecular weight excluding hydrogens is 603 g/mol. The van der Waals surface area contributed by atoms with Gasteiger partial charge in [0.2, 0.25) is 0 Å². The highest BCUT2D eigenvalue weighted by atomic mass is 15.2. The van der Waals surface area contributed by atoms with E-state index in [1.807, 2.05) is 0 Å². The Labute approximate surface area is 295 Å². The van der Waals surface area contributed by atoms with Crippen molar-refractivity contribution in [1.29, 1.82) is 0 Å². The Morgan fingerprint density at radius 2 is 0.940 bits per heavy atom. The molecule has 50 heavy (non-hydrogen) atoms. The number of para-hydroxylation sites is 1. The second kappa shape index (κ2) is 9.86. The standard InChI is InChI=1S/C49H41N/c1-47(2)39-19-10-9-17-35(39)38-28-44-46(29-43(38)47)50(45-21-12-11-20-40(45)48(44,3)4)32-23-25-37-36-24-22-31(26-41(36)49(5,6)42(37)27-32)34-18-13-15-30-14-7-8-16-33(30)34/h7-29H,1-6H3. The first-order valence-corrected chi connectivity index (χ1v) is 18.0. The Balaban J connectivity index is 1.15. The van der Waals surface area contributed by atoms with Crippen LogP contribution in [0, 0.1) is 0 Å². The number of benzene rings is 7. The molecule has 1 heterocycles. The number of nitrogens with zero attached hydrogens (tertiary/aromatic N) is 1. The van der Waals surface area contributed by atoms with E-state index < -0.39 is 0 Å². The number of hydrogen-bond acceptors (Lipinski definition) is 1. The van der Waals surface area contributed by atoms with Crippen LogP contribution in [0.3, 0.4) is 0 Å². The van der Waals surface area contributed by atoms with Crippen LogP contribution in [-0.4, -0.2) is 0 Å². The van der Waals surface area contributed by atoms with Gasteiger partial charge in [-0.2, -0.15) is 0 Å². The van der Waals surface area contributed by atoms with E-state index in [2.05, 4.69) is 186 Å². The van der Waals surface area contributed by atoms with Crippen molar-refractivity contribution in [3.63, 3.8) is 0 Å². The highest BCUT2D eigenvalue weighted by Crippen LogP contribution is 2.58. The summed E-state index contributed by atoms with van der Waals surface area (Å²) < 4.78 is 0. The zero-order valence-corrected chi connectivity index (χ0v) is 29.7. The quantitative estimate of drug-likeness (QED) is 0.181. The van der Waals surface area contributed by atoms with Crippen molar-refractivity contribution in [1.82, 2.24) is 0 Å². The summed E-state index contributed by atoms with van der Waals surface area (Å²) in [5.41, 5.74) is 19.8. The molecule has 0 fully saturated rings. The van der Waals surface area contributed by atoms with Gasteiger partial charge in [0.15, 0.2) is 0 Å². The minimum absolute atomic E-state index is 0.0723. The highest BCUT2D eigenvalue weighted by molar-refractivity contribution is 5.98. The lowest BCUT2D eigenvalue weighted by Crippen LogP contribution is -2.31. The van der Waals surface area contributed by atoms with Crippen molar-refractivity contribution in [2.24, 2.45) is 0 Å². The molecule has 7 aromatic rings. The number of fused-ring (bicyclic) bond motifs is 9. The largest absolute Gasteiger partial charge is 0.310 e. The molecule has 0 spiro atoms. The van der Waals surface area contributed by atoms with Gasteiger partial charge in [-0.25, -0.2) is 0 Å². The molecule has 10 rings (SSSR count). The van der Waals surface area contributed by atoms with Crippen molar-refractivity contribution in [3.8, 4) is 33.4 Å². The van der Waals surface area contributed by atoms with Crippen molar-refractivity contribution < 1.29 is 0 Å². The fourth-order valence-corrected chi connectivity index (χ4v) is 9.68. The summed E-state index contributed by atoms with van der Waals surface area (Å²) in [5.74, 6) is 0. The maximum Gasteiger partial charge on any atom is 0.0506 e. The molecule has 3 aliphatic rings. The SMILES string of the molecule is CC1(C)c2cc(-c3cccc4ccccc34)ccc2-c2ccc(N3c4ccccc4C(C)(C)c4cc5c(cc43)C(C)(C)c3ccccc3-5)cc21. The van der Waals surface area contributed by atoms with Crippen LogP contribution in [0.15, 0.2) is 140 Å². The van der Waals surface area contributed by atoms with Gasteiger partial charge >= 0.3 is 0 Å². The van der Waals surface area contributed by atoms with Gasteiger partial charge in [0, 0.05) is 21.9 Å². The van der Waals surface area contributed by atoms with Crippen LogP contribution in [0.2, 0.25) is 0 Å². The third-order valence-electron chi connectivity index (χ3n) is 12.5. The van der Waals surface area contributed by atoms with Gasteiger partial charge in [0.25, 0.3) is 0 Å². The highest BCUT2D eigenvalue weighted by Gasteiger charge is 2.43. The lowest BCUT2D eigenvalue weighted by Gasteiger charge is -2.43. The second-order valence-electron chi connectivity index (χ2n) is 16.2. The topological polar surface area (TPSA) is 3.24 Å². The maximum absolute atomic E-state index is 2.55. The first-order valence-electron chi connectivity index (χ1n) is 18.0. The zero-order chi connectivity index (χ0) is 34.2. The third-order valence-corrected chi connectivity index (χ3v) is 12.5. The average molecular weight is 644 g/mol. The minimum atomic E-state index is -0.153. The Bertz CT molecular complexity index is 2570. The molecule has 1 nitrogen and oxygen atoms in total. The third kappa shape index (κ3) is 3.78. The molecule has 0 N–H and O–H groups in total. The molecule has 1 aliphatic heterocycles. The smallest absolute Gasteiger partial charge is 0.0506 e. The van der Waals surface area contributed by atoms with E-state index >= 15 is 0 Å². The molecule has 0 unspecified atom stereocenters. The van der Waals surface area contributed by atoms with Crippen LogP contribution in [0.5, 0.6) is 0 Å². The van der Waals surface area contributed by atoms with E-state index in [0.29, 0.717) is 0 Å². The molecule has 0 atom stereocenters. The van der Waals surface area contributed by atoms with Crippen LogP contribution in [0.4, 0.5) is 17.1 Å². The summed E-state index contributed by atoms with van der Waals surface area (Å²) in [7, 11) is 0. The van der Waals surface area contributed by atoms with Crippen LogP contribution in [0.25, 0.3) is 44.2 Å². The maximum atomic E-state index is 2.55. The first kappa shape index (κ1) is 29.5. The van der Waals surface area contributed by atoms with Gasteiger partial charge in [-0.15, -0.1) is 0 Å². The van der Waals surface area contributed by atoms with E-state index in [-0.39, 0.29) is 16.2 Å². The molecule has 0 radical (unpaired) electrons. The monoisotopic (exact) mass is 643 g/mol. The Morgan fingerprint density at radius 1 is 0.360 bits per heavy atom. The van der Waals surface area contributed by atoms with Crippen LogP contribution in [0.1, 0.15) is 74.9 Å². The molecular formula is C49H41N. The van der Waals surface area contributed by atoms with Gasteiger partial charge in [-0.05, 0) is 114 Å². The van der Waals surface area contributed by atoms with E-state index in [9.17, 15) is 0 Å². The van der Waals surface area contributed by atoms with Crippen molar-refractivity contribution in [2.45, 2.75) is 57.8 Å². The normalized spacial score (nSPS) is 16.6. The zero-order valence-electron chi connectivity index (χ0n) is 29.7. The van der Waals surface area contributed by atoms with Gasteiger partial charge in [-0.3, -0.25) is 0 Å². The van der Waals surface area contributed by atoms with Crippen LogP contribution < -0.4 is 4.90 Å². The molecule has 0 saturated carbocycles. The summed E-state index contributed by atoms with van der Waals surface area (Å²) in [6.07, 6.45) is 0. The van der Waals surface area contributed by atoms with Crippen molar-refractivity contribution in [2.75, 3.05) is 4.90 Å². The van der Waals surface area contributed by atoms with E-state index in [1.54, 1.807) is 0 Å². The molecule has 242 valence electrons. The average Bonchev–Trinajstić information content (AvgIpc) is 3.49. The minimum Gasteiger partial charge on any atom is -0.310 e. The molecule has 0 bridgehead atoms. The summed E-state index contributed by atoms with van der Waals surface area (Å²) >= 11 is 0. The number of rotatable bonds is 2. The van der Waals surface area contributed by atoms with E-state index in [1.165, 1.54) is 94.6 Å². The number of anilines is 3. The summed E-state index contributed by atoms with van der Waals surface area (Å²) in [5, 5.41) is 2.58. The van der Waals surface area contributed by atoms with Crippen LogP contribution in [-0.2, 0) is 16.2 Å². The van der Waals surface area contributed by atoms with Crippen molar-refractivity contribution >= 4 is 27.8 Å². The first-order chi connectivity index (χ1) is 24.1. The summed E-state index contributed by atoms with van der Waals surface area (Å²) in [6, 6.07) is 52.8. The molecule has 0 saturated heterocycles. The van der Waals surface area contributed by atoms with Crippen molar-refractivity contribution in [3.05, 3.63) is 173 Å². The predicted molar refractivity (Wildman–Crippen MR) is 211 cm³/mol. The molecule has 0 amide bonds. The lowest BCUT2D eigenvalue weighted by atomic mass is 9.71. The summed E-state index contributed by atoms with van der Waals surface area (Å²) in [6.45, 7) is 14.4. The van der Waals surface area contributed by atoms with Gasteiger partial charge in [0.1, 0.15) is 0 Å². The number of hydrogen-bond donors (Lipinski definition) is 0. The fourth-order valence-electron chi connectivity index (χ4n) is 9.68. The van der Waals surface area contributed by atoms with E-state index in [4.69, 9.17) is 0 Å². The van der Waals surface area contributed by atoms with Gasteiger partial charge in [0.05, 0.1) is 11.4 Å². The lowest BCUT2D eigenvalue weighted by molar-refractivity contribution is 0.627. The Morgan fingerprint density at radius 3 is 1.78 bits per heavy atom. The van der Waals surface area contributed by atoms with E-state index in [0.717, 1.165) is 0 Å². The Kier molecular flexibility index (Phi) is 5.82. The second-order valence-corrected chi connectivity index (χ2v) is 16.2. The molecule has 1 heteroatoms. The predicted octanol–water partition coefficient (Wildman–Crippen LogP) is 13.2. The molecule has 2 aliphatic carbocycles. The molecule has 0 aromatic heterocycles. The van der Waals surface area contributed by atoms with Gasteiger partial charge < -0.3 is 4.90 Å².